The van der Waals surface area contributed by atoms with E-state index in [9.17, 15) is 4.79 Å². The van der Waals surface area contributed by atoms with Gasteiger partial charge in [-0.05, 0) is 25.7 Å². The van der Waals surface area contributed by atoms with E-state index in [-0.39, 0.29) is 30.7 Å². The molecule has 2 fully saturated rings. The van der Waals surface area contributed by atoms with Crippen molar-refractivity contribution >= 4 is 30.7 Å². The summed E-state index contributed by atoms with van der Waals surface area (Å²) >= 11 is 0. The predicted molar refractivity (Wildman–Crippen MR) is 96.3 cm³/mol. The van der Waals surface area contributed by atoms with Crippen LogP contribution in [0, 0.1) is 0 Å². The number of imidazole rings is 1. The molecule has 0 bridgehead atoms. The zero-order valence-electron chi connectivity index (χ0n) is 13.7. The third kappa shape index (κ3) is 4.01. The van der Waals surface area contributed by atoms with Crippen molar-refractivity contribution < 1.29 is 4.79 Å². The summed E-state index contributed by atoms with van der Waals surface area (Å²) in [6, 6.07) is 0.352. The van der Waals surface area contributed by atoms with Crippen LogP contribution in [0.2, 0.25) is 0 Å². The van der Waals surface area contributed by atoms with E-state index in [1.54, 1.807) is 0 Å². The third-order valence-electron chi connectivity index (χ3n) is 5.06. The molecule has 5 nitrogen and oxygen atoms in total. The molecular weight excluding hydrogens is 335 g/mol. The number of aromatic nitrogens is 2. The van der Waals surface area contributed by atoms with Crippen molar-refractivity contribution in [2.24, 2.45) is 5.73 Å². The number of likely N-dealkylation sites (tertiary alicyclic amines) is 1. The third-order valence-corrected chi connectivity index (χ3v) is 5.06. The Morgan fingerprint density at radius 2 is 2.04 bits per heavy atom. The van der Waals surface area contributed by atoms with Gasteiger partial charge >= 0.3 is 0 Å². The lowest BCUT2D eigenvalue weighted by Gasteiger charge is -2.38. The lowest BCUT2D eigenvalue weighted by Crippen LogP contribution is -2.55. The summed E-state index contributed by atoms with van der Waals surface area (Å²) in [4.78, 5) is 19.2. The van der Waals surface area contributed by atoms with Crippen LogP contribution in [0.3, 0.4) is 0 Å². The van der Waals surface area contributed by atoms with Crippen LogP contribution in [-0.4, -0.2) is 39.0 Å². The van der Waals surface area contributed by atoms with Gasteiger partial charge in [-0.2, -0.15) is 0 Å². The first-order valence-corrected chi connectivity index (χ1v) is 8.24. The summed E-state index contributed by atoms with van der Waals surface area (Å²) in [5.41, 5.74) is 5.75. The molecule has 1 saturated heterocycles. The van der Waals surface area contributed by atoms with E-state index in [1.165, 1.54) is 0 Å². The Morgan fingerprint density at radius 1 is 1.35 bits per heavy atom. The topological polar surface area (TPSA) is 64.2 Å². The highest BCUT2D eigenvalue weighted by molar-refractivity contribution is 5.86. The molecule has 2 N–H and O–H groups in total. The number of rotatable bonds is 3. The molecule has 3 rings (SSSR count). The van der Waals surface area contributed by atoms with E-state index in [1.807, 2.05) is 17.3 Å². The highest BCUT2D eigenvalue weighted by atomic mass is 35.5. The van der Waals surface area contributed by atoms with Gasteiger partial charge in [0.1, 0.15) is 5.82 Å². The number of nitrogens with two attached hydrogens (primary N) is 1. The van der Waals surface area contributed by atoms with Crippen LogP contribution in [-0.2, 0) is 11.2 Å². The summed E-state index contributed by atoms with van der Waals surface area (Å²) in [5, 5.41) is 0. The Kier molecular flexibility index (Phi) is 7.36. The Balaban J connectivity index is 0.00000132. The highest BCUT2D eigenvalue weighted by Gasteiger charge is 2.41. The number of amides is 1. The van der Waals surface area contributed by atoms with Gasteiger partial charge in [-0.15, -0.1) is 24.8 Å². The maximum absolute atomic E-state index is 12.8. The summed E-state index contributed by atoms with van der Waals surface area (Å²) < 4.78 is 2.25. The molecule has 132 valence electrons. The standard InChI is InChI=1S/C16H26N4O.2ClH/c1-2-14-18-9-11-20(14)13-6-5-10-19(12-13)15(21)16(17)7-3-4-8-16;;/h9,11,13H,2-8,10,12,17H2,1H3;2*1H. The largest absolute Gasteiger partial charge is 0.339 e. The number of aryl methyl sites for hydroxylation is 1. The van der Waals surface area contributed by atoms with Gasteiger partial charge in [0.05, 0.1) is 11.6 Å². The maximum Gasteiger partial charge on any atom is 0.242 e. The second-order valence-corrected chi connectivity index (χ2v) is 6.51. The van der Waals surface area contributed by atoms with Crippen molar-refractivity contribution in [2.75, 3.05) is 13.1 Å². The van der Waals surface area contributed by atoms with Crippen LogP contribution in [0.15, 0.2) is 12.4 Å². The van der Waals surface area contributed by atoms with Gasteiger partial charge in [0.15, 0.2) is 0 Å². The van der Waals surface area contributed by atoms with Crippen LogP contribution < -0.4 is 5.73 Å². The molecule has 23 heavy (non-hydrogen) atoms. The fourth-order valence-electron chi connectivity index (χ4n) is 3.85. The second-order valence-electron chi connectivity index (χ2n) is 6.51. The molecule has 0 aromatic carbocycles. The normalized spacial score (nSPS) is 23.0. The van der Waals surface area contributed by atoms with Crippen LogP contribution in [0.4, 0.5) is 0 Å². The smallest absolute Gasteiger partial charge is 0.242 e. The van der Waals surface area contributed by atoms with E-state index in [4.69, 9.17) is 5.73 Å². The number of piperidine rings is 1. The van der Waals surface area contributed by atoms with Crippen LogP contribution in [0.25, 0.3) is 0 Å². The quantitative estimate of drug-likeness (QED) is 0.898. The average Bonchev–Trinajstić information content (AvgIpc) is 3.16. The Hall–Kier alpha value is -0.780. The van der Waals surface area contributed by atoms with E-state index < -0.39 is 5.54 Å². The van der Waals surface area contributed by atoms with Crippen LogP contribution in [0.1, 0.15) is 57.3 Å². The number of carbonyl (C=O) groups excluding carboxylic acids is 1. The zero-order chi connectivity index (χ0) is 14.9. The molecule has 2 heterocycles. The van der Waals surface area contributed by atoms with Crippen molar-refractivity contribution in [3.63, 3.8) is 0 Å². The van der Waals surface area contributed by atoms with Crippen LogP contribution in [0.5, 0.6) is 0 Å². The molecule has 1 aromatic heterocycles. The number of halogens is 2. The first-order valence-electron chi connectivity index (χ1n) is 8.24. The number of nitrogens with zero attached hydrogens (tertiary/aromatic N) is 3. The van der Waals surface area contributed by atoms with E-state index in [2.05, 4.69) is 16.5 Å². The summed E-state index contributed by atoms with van der Waals surface area (Å²) in [6.07, 6.45) is 10.9. The predicted octanol–water partition coefficient (Wildman–Crippen LogP) is 2.72. The van der Waals surface area contributed by atoms with E-state index >= 15 is 0 Å². The molecular formula is C16H28Cl2N4O. The lowest BCUT2D eigenvalue weighted by molar-refractivity contribution is -0.138. The first-order chi connectivity index (χ1) is 10.1. The molecule has 7 heteroatoms. The number of hydrogen-bond donors (Lipinski definition) is 1. The van der Waals surface area contributed by atoms with Crippen molar-refractivity contribution in [1.29, 1.82) is 0 Å². The fourth-order valence-corrected chi connectivity index (χ4v) is 3.85. The molecule has 0 spiro atoms. The molecule has 1 aliphatic carbocycles. The van der Waals surface area contributed by atoms with Gasteiger partial charge in [0, 0.05) is 31.9 Å². The maximum atomic E-state index is 12.8. The molecule has 1 saturated carbocycles. The van der Waals surface area contributed by atoms with Gasteiger partial charge < -0.3 is 15.2 Å². The molecule has 1 amide bonds. The summed E-state index contributed by atoms with van der Waals surface area (Å²) in [7, 11) is 0. The first kappa shape index (κ1) is 20.3. The summed E-state index contributed by atoms with van der Waals surface area (Å²) in [6.45, 7) is 3.75. The van der Waals surface area contributed by atoms with Gasteiger partial charge in [0.2, 0.25) is 5.91 Å². The molecule has 1 aromatic rings. The SMILES string of the molecule is CCc1nccn1C1CCCN(C(=O)C2(N)CCCC2)C1.Cl.Cl. The molecule has 1 aliphatic heterocycles. The fraction of sp³-hybridized carbons (Fsp3) is 0.750. The lowest BCUT2D eigenvalue weighted by atomic mass is 9.95. The van der Waals surface area contributed by atoms with E-state index in [0.717, 1.165) is 63.9 Å². The minimum Gasteiger partial charge on any atom is -0.339 e. The minimum absolute atomic E-state index is 0. The molecule has 2 aliphatic rings. The monoisotopic (exact) mass is 362 g/mol. The van der Waals surface area contributed by atoms with Crippen molar-refractivity contribution in [3.05, 3.63) is 18.2 Å². The Morgan fingerprint density at radius 3 is 2.70 bits per heavy atom. The van der Waals surface area contributed by atoms with Gasteiger partial charge in [-0.1, -0.05) is 19.8 Å². The molecule has 0 radical (unpaired) electrons. The molecule has 1 unspecified atom stereocenters. The molecule has 1 atom stereocenters. The minimum atomic E-state index is -0.593. The van der Waals surface area contributed by atoms with Gasteiger partial charge in [0.25, 0.3) is 0 Å². The van der Waals surface area contributed by atoms with Crippen molar-refractivity contribution in [2.45, 2.75) is 63.5 Å². The Labute approximate surface area is 150 Å². The zero-order valence-corrected chi connectivity index (χ0v) is 15.4. The number of hydrogen-bond acceptors (Lipinski definition) is 3. The highest BCUT2D eigenvalue weighted by Crippen LogP contribution is 2.31. The van der Waals surface area contributed by atoms with Crippen LogP contribution >= 0.6 is 24.8 Å². The summed E-state index contributed by atoms with van der Waals surface area (Å²) in [5.74, 6) is 1.28. The van der Waals surface area contributed by atoms with E-state index in [0.29, 0.717) is 6.04 Å². The second kappa shape index (κ2) is 8.36. The van der Waals surface area contributed by atoms with Gasteiger partial charge in [-0.25, -0.2) is 4.98 Å². The van der Waals surface area contributed by atoms with Crippen molar-refractivity contribution in [3.8, 4) is 0 Å². The van der Waals surface area contributed by atoms with Gasteiger partial charge in [-0.3, -0.25) is 4.79 Å². The van der Waals surface area contributed by atoms with Crippen molar-refractivity contribution in [1.82, 2.24) is 14.5 Å². The average molecular weight is 363 g/mol. The Bertz CT molecular complexity index is 514. The number of carbonyl (C=O) groups is 1.